The number of nitrogens with zero attached hydrogens (tertiary/aromatic N) is 1. The van der Waals surface area contributed by atoms with Crippen LogP contribution < -0.4 is 4.74 Å². The summed E-state index contributed by atoms with van der Waals surface area (Å²) < 4.78 is 31.9. The van der Waals surface area contributed by atoms with E-state index >= 15 is 0 Å². The molecule has 0 radical (unpaired) electrons. The first-order chi connectivity index (χ1) is 8.29. The number of hydrogen-bond acceptors (Lipinski definition) is 3. The highest BCUT2D eigenvalue weighted by atomic mass is 19.3. The maximum absolute atomic E-state index is 13.3. The monoisotopic (exact) mass is 257 g/mol. The number of aromatic nitrogens is 1. The second kappa shape index (κ2) is 3.90. The van der Waals surface area contributed by atoms with Gasteiger partial charge < -0.3 is 9.84 Å². The van der Waals surface area contributed by atoms with Gasteiger partial charge in [0.25, 0.3) is 5.92 Å². The van der Waals surface area contributed by atoms with Gasteiger partial charge in [-0.25, -0.2) is 13.8 Å². The summed E-state index contributed by atoms with van der Waals surface area (Å²) in [6, 6.07) is 4.28. The lowest BCUT2D eigenvalue weighted by Gasteiger charge is -2.13. The minimum absolute atomic E-state index is 0.154. The summed E-state index contributed by atoms with van der Waals surface area (Å²) >= 11 is 0. The van der Waals surface area contributed by atoms with Gasteiger partial charge in [0.05, 0.1) is 11.8 Å². The van der Waals surface area contributed by atoms with Gasteiger partial charge in [0, 0.05) is 12.5 Å². The van der Waals surface area contributed by atoms with Crippen molar-refractivity contribution in [1.29, 1.82) is 0 Å². The van der Waals surface area contributed by atoms with Crippen LogP contribution in [0.25, 0.3) is 0 Å². The van der Waals surface area contributed by atoms with Crippen molar-refractivity contribution in [1.82, 2.24) is 4.98 Å². The Bertz CT molecular complexity index is 490. The average Bonchev–Trinajstić information content (AvgIpc) is 2.83. The highest BCUT2D eigenvalue weighted by Gasteiger charge is 2.78. The molecule has 0 bridgehead atoms. The van der Waals surface area contributed by atoms with Crippen LogP contribution in [0.1, 0.15) is 26.0 Å². The minimum Gasteiger partial charge on any atom is -0.480 e. The standard InChI is InChI=1S/C12H13F2NO3/c1-7(2)18-9-5-3-4-8(15-9)11(10(16)17)6-12(11,13)14/h3-5,7H,6H2,1-2H3,(H,16,17). The highest BCUT2D eigenvalue weighted by molar-refractivity contribution is 5.87. The van der Waals surface area contributed by atoms with E-state index < -0.39 is 23.7 Å². The summed E-state index contributed by atoms with van der Waals surface area (Å²) in [5.74, 6) is -4.64. The van der Waals surface area contributed by atoms with Gasteiger partial charge in [-0.15, -0.1) is 0 Å². The maximum atomic E-state index is 13.3. The Morgan fingerprint density at radius 1 is 1.50 bits per heavy atom. The molecular weight excluding hydrogens is 244 g/mol. The van der Waals surface area contributed by atoms with E-state index in [4.69, 9.17) is 9.84 Å². The molecule has 0 spiro atoms. The molecule has 0 saturated heterocycles. The molecule has 0 amide bonds. The largest absolute Gasteiger partial charge is 0.480 e. The number of ether oxygens (including phenoxy) is 1. The van der Waals surface area contributed by atoms with Gasteiger partial charge in [0.15, 0.2) is 5.41 Å². The number of carboxylic acid groups (broad SMARTS) is 1. The first-order valence-corrected chi connectivity index (χ1v) is 5.55. The van der Waals surface area contributed by atoms with Crippen LogP contribution in [0.2, 0.25) is 0 Å². The van der Waals surface area contributed by atoms with Gasteiger partial charge in [0.2, 0.25) is 5.88 Å². The number of rotatable bonds is 4. The van der Waals surface area contributed by atoms with Crippen LogP contribution in [0.4, 0.5) is 8.78 Å². The van der Waals surface area contributed by atoms with Crippen LogP contribution in [-0.4, -0.2) is 28.1 Å². The molecule has 1 N–H and O–H groups in total. The molecule has 1 heterocycles. The fraction of sp³-hybridized carbons (Fsp3) is 0.500. The molecule has 6 heteroatoms. The third-order valence-electron chi connectivity index (χ3n) is 2.87. The third kappa shape index (κ3) is 1.81. The first kappa shape index (κ1) is 12.7. The molecular formula is C12H13F2NO3. The van der Waals surface area contributed by atoms with Gasteiger partial charge in [-0.3, -0.25) is 4.79 Å². The zero-order valence-electron chi connectivity index (χ0n) is 9.98. The molecule has 4 nitrogen and oxygen atoms in total. The Kier molecular flexibility index (Phi) is 2.76. The van der Waals surface area contributed by atoms with E-state index in [1.54, 1.807) is 13.8 Å². The first-order valence-electron chi connectivity index (χ1n) is 5.55. The minimum atomic E-state index is -3.25. The molecule has 0 aromatic carbocycles. The number of hydrogen-bond donors (Lipinski definition) is 1. The van der Waals surface area contributed by atoms with Crippen molar-refractivity contribution in [2.75, 3.05) is 0 Å². The molecule has 1 aliphatic carbocycles. The van der Waals surface area contributed by atoms with Crippen molar-refractivity contribution >= 4 is 5.97 Å². The van der Waals surface area contributed by atoms with Gasteiger partial charge >= 0.3 is 5.97 Å². The topological polar surface area (TPSA) is 59.4 Å². The van der Waals surface area contributed by atoms with Gasteiger partial charge in [-0.1, -0.05) is 6.07 Å². The molecule has 98 valence electrons. The summed E-state index contributed by atoms with van der Waals surface area (Å²) in [6.45, 7) is 3.54. The molecule has 1 aromatic heterocycles. The third-order valence-corrected chi connectivity index (χ3v) is 2.87. The second-order valence-electron chi connectivity index (χ2n) is 4.62. The predicted octanol–water partition coefficient (Wildman–Crippen LogP) is 2.23. The summed E-state index contributed by atoms with van der Waals surface area (Å²) in [5.41, 5.74) is -2.35. The van der Waals surface area contributed by atoms with E-state index in [0.717, 1.165) is 0 Å². The Hall–Kier alpha value is -1.72. The lowest BCUT2D eigenvalue weighted by Crippen LogP contribution is -2.28. The zero-order valence-corrected chi connectivity index (χ0v) is 9.98. The molecule has 1 aromatic rings. The summed E-state index contributed by atoms with van der Waals surface area (Å²) in [6.07, 6.45) is -0.874. The molecule has 1 fully saturated rings. The van der Waals surface area contributed by atoms with E-state index in [0.29, 0.717) is 0 Å². The van der Waals surface area contributed by atoms with Crippen molar-refractivity contribution < 1.29 is 23.4 Å². The fourth-order valence-electron chi connectivity index (χ4n) is 1.87. The maximum Gasteiger partial charge on any atom is 0.322 e. The molecule has 1 atom stereocenters. The van der Waals surface area contributed by atoms with Gasteiger partial charge in [-0.05, 0) is 19.9 Å². The lowest BCUT2D eigenvalue weighted by atomic mass is 10.0. The van der Waals surface area contributed by atoms with Crippen LogP contribution in [0, 0.1) is 0 Å². The zero-order chi connectivity index (χ0) is 13.6. The van der Waals surface area contributed by atoms with Crippen molar-refractivity contribution in [2.24, 2.45) is 0 Å². The molecule has 0 aliphatic heterocycles. The highest BCUT2D eigenvalue weighted by Crippen LogP contribution is 2.61. The molecule has 18 heavy (non-hydrogen) atoms. The Morgan fingerprint density at radius 3 is 2.56 bits per heavy atom. The Morgan fingerprint density at radius 2 is 2.11 bits per heavy atom. The van der Waals surface area contributed by atoms with E-state index in [1.807, 2.05) is 0 Å². The van der Waals surface area contributed by atoms with Crippen molar-refractivity contribution in [3.8, 4) is 5.88 Å². The number of alkyl halides is 2. The summed E-state index contributed by atoms with van der Waals surface area (Å²) in [7, 11) is 0. The van der Waals surface area contributed by atoms with Gasteiger partial charge in [-0.2, -0.15) is 0 Å². The van der Waals surface area contributed by atoms with E-state index in [1.165, 1.54) is 18.2 Å². The number of pyridine rings is 1. The van der Waals surface area contributed by atoms with Crippen LogP contribution in [-0.2, 0) is 10.2 Å². The van der Waals surface area contributed by atoms with E-state index in [-0.39, 0.29) is 17.7 Å². The Labute approximate surface area is 103 Å². The van der Waals surface area contributed by atoms with Crippen LogP contribution >= 0.6 is 0 Å². The molecule has 1 saturated carbocycles. The number of carboxylic acids is 1. The van der Waals surface area contributed by atoms with Crippen LogP contribution in [0.5, 0.6) is 5.88 Å². The molecule has 2 rings (SSSR count). The number of aliphatic carboxylic acids is 1. The lowest BCUT2D eigenvalue weighted by molar-refractivity contribution is -0.143. The van der Waals surface area contributed by atoms with Gasteiger partial charge in [0.1, 0.15) is 0 Å². The predicted molar refractivity (Wildman–Crippen MR) is 58.9 cm³/mol. The average molecular weight is 257 g/mol. The van der Waals surface area contributed by atoms with Crippen LogP contribution in [0.3, 0.4) is 0 Å². The Balaban J connectivity index is 2.37. The quantitative estimate of drug-likeness (QED) is 0.898. The van der Waals surface area contributed by atoms with Crippen LogP contribution in [0.15, 0.2) is 18.2 Å². The fourth-order valence-corrected chi connectivity index (χ4v) is 1.87. The summed E-state index contributed by atoms with van der Waals surface area (Å²) in [4.78, 5) is 15.0. The molecule has 1 unspecified atom stereocenters. The normalized spacial score (nSPS) is 24.9. The van der Waals surface area contributed by atoms with Crippen molar-refractivity contribution in [3.05, 3.63) is 23.9 Å². The summed E-state index contributed by atoms with van der Waals surface area (Å²) in [5, 5.41) is 9.00. The van der Waals surface area contributed by atoms with E-state index in [9.17, 15) is 13.6 Å². The van der Waals surface area contributed by atoms with E-state index in [2.05, 4.69) is 4.98 Å². The number of halogens is 2. The smallest absolute Gasteiger partial charge is 0.322 e. The molecule has 1 aliphatic rings. The number of carbonyl (C=O) groups is 1. The van der Waals surface area contributed by atoms with Crippen molar-refractivity contribution in [2.45, 2.75) is 37.7 Å². The SMILES string of the molecule is CC(C)Oc1cccc(C2(C(=O)O)CC2(F)F)n1. The van der Waals surface area contributed by atoms with Crippen molar-refractivity contribution in [3.63, 3.8) is 0 Å². The second-order valence-corrected chi connectivity index (χ2v) is 4.62.